The number of carbonyl (C=O) groups excluding carboxylic acids is 1. The maximum absolute atomic E-state index is 12.2. The summed E-state index contributed by atoms with van der Waals surface area (Å²) in [6, 6.07) is 3.67. The number of nitrogens with one attached hydrogen (secondary N) is 1. The van der Waals surface area contributed by atoms with Crippen LogP contribution in [0.1, 0.15) is 16.1 Å². The van der Waals surface area contributed by atoms with Crippen molar-refractivity contribution in [1.29, 1.82) is 0 Å². The predicted octanol–water partition coefficient (Wildman–Crippen LogP) is 0.910. The zero-order valence-electron chi connectivity index (χ0n) is 11.3. The summed E-state index contributed by atoms with van der Waals surface area (Å²) in [4.78, 5) is 22.9. The molecule has 1 atom stereocenters. The molecular weight excluding hydrogens is 288 g/mol. The lowest BCUT2D eigenvalue weighted by Crippen LogP contribution is -2.26. The monoisotopic (exact) mass is 304 g/mol. The van der Waals surface area contributed by atoms with Gasteiger partial charge in [0.25, 0.3) is 5.91 Å². The molecule has 0 radical (unpaired) electrons. The van der Waals surface area contributed by atoms with Crippen LogP contribution in [-0.2, 0) is 0 Å². The van der Waals surface area contributed by atoms with Gasteiger partial charge in [-0.3, -0.25) is 9.78 Å². The van der Waals surface area contributed by atoms with Gasteiger partial charge in [-0.05, 0) is 18.6 Å². The summed E-state index contributed by atoms with van der Waals surface area (Å²) in [7, 11) is 0. The Morgan fingerprint density at radius 1 is 1.52 bits per heavy atom. The standard InChI is InChI=1S/C13H16N6OS/c14-8-3-5-19(7-8)13-18-11(15)10(21-13)12(20)17-9-2-1-4-16-6-9/h1-2,4,6,8H,3,5,7,14-15H2,(H,17,20). The maximum Gasteiger partial charge on any atom is 0.269 e. The smallest absolute Gasteiger partial charge is 0.269 e. The average molecular weight is 304 g/mol. The summed E-state index contributed by atoms with van der Waals surface area (Å²) in [5.74, 6) is -0.0235. The van der Waals surface area contributed by atoms with Gasteiger partial charge >= 0.3 is 0 Å². The number of hydrogen-bond donors (Lipinski definition) is 3. The second kappa shape index (κ2) is 5.66. The number of pyridine rings is 1. The van der Waals surface area contributed by atoms with E-state index in [9.17, 15) is 4.79 Å². The third kappa shape index (κ3) is 2.96. The minimum absolute atomic E-state index is 0.155. The van der Waals surface area contributed by atoms with E-state index in [1.165, 1.54) is 11.3 Å². The van der Waals surface area contributed by atoms with Gasteiger partial charge in [0.05, 0.1) is 11.9 Å². The molecule has 0 bridgehead atoms. The Balaban J connectivity index is 1.76. The van der Waals surface area contributed by atoms with Crippen LogP contribution in [0.4, 0.5) is 16.6 Å². The van der Waals surface area contributed by atoms with Crippen molar-refractivity contribution in [3.8, 4) is 0 Å². The van der Waals surface area contributed by atoms with Crippen molar-refractivity contribution in [1.82, 2.24) is 9.97 Å². The van der Waals surface area contributed by atoms with Crippen LogP contribution in [0.25, 0.3) is 0 Å². The molecule has 21 heavy (non-hydrogen) atoms. The van der Waals surface area contributed by atoms with E-state index in [0.29, 0.717) is 10.6 Å². The Bertz CT molecular complexity index is 643. The Morgan fingerprint density at radius 2 is 2.38 bits per heavy atom. The molecule has 0 aromatic carbocycles. The molecule has 7 nitrogen and oxygen atoms in total. The van der Waals surface area contributed by atoms with Crippen LogP contribution in [0, 0.1) is 0 Å². The van der Waals surface area contributed by atoms with Crippen LogP contribution in [0.2, 0.25) is 0 Å². The quantitative estimate of drug-likeness (QED) is 0.777. The predicted molar refractivity (Wildman–Crippen MR) is 83.5 cm³/mol. The molecule has 1 unspecified atom stereocenters. The van der Waals surface area contributed by atoms with Crippen LogP contribution in [0.3, 0.4) is 0 Å². The molecular formula is C13H16N6OS. The van der Waals surface area contributed by atoms with Crippen LogP contribution < -0.4 is 21.7 Å². The van der Waals surface area contributed by atoms with Gasteiger partial charge in [0.2, 0.25) is 0 Å². The van der Waals surface area contributed by atoms with E-state index in [1.54, 1.807) is 24.5 Å². The largest absolute Gasteiger partial charge is 0.382 e. The minimum Gasteiger partial charge on any atom is -0.382 e. The second-order valence-corrected chi connectivity index (χ2v) is 5.88. The van der Waals surface area contributed by atoms with Gasteiger partial charge in [0, 0.05) is 25.3 Å². The van der Waals surface area contributed by atoms with Crippen LogP contribution >= 0.6 is 11.3 Å². The number of nitrogen functional groups attached to an aromatic ring is 1. The molecule has 0 spiro atoms. The Kier molecular flexibility index (Phi) is 3.72. The molecule has 3 heterocycles. The number of rotatable bonds is 3. The van der Waals surface area contributed by atoms with Crippen molar-refractivity contribution < 1.29 is 4.79 Å². The number of carbonyl (C=O) groups is 1. The highest BCUT2D eigenvalue weighted by atomic mass is 32.1. The minimum atomic E-state index is -0.271. The number of aromatic nitrogens is 2. The highest BCUT2D eigenvalue weighted by Crippen LogP contribution is 2.30. The molecule has 2 aromatic heterocycles. The van der Waals surface area contributed by atoms with E-state index >= 15 is 0 Å². The van der Waals surface area contributed by atoms with Crippen LogP contribution in [-0.4, -0.2) is 35.0 Å². The molecule has 5 N–H and O–H groups in total. The lowest BCUT2D eigenvalue weighted by molar-refractivity contribution is 0.103. The van der Waals surface area contributed by atoms with Crippen molar-refractivity contribution in [2.45, 2.75) is 12.5 Å². The highest BCUT2D eigenvalue weighted by Gasteiger charge is 2.24. The fourth-order valence-electron chi connectivity index (χ4n) is 2.20. The highest BCUT2D eigenvalue weighted by molar-refractivity contribution is 7.18. The molecule has 110 valence electrons. The van der Waals surface area contributed by atoms with E-state index < -0.39 is 0 Å². The molecule has 2 aromatic rings. The normalized spacial score (nSPS) is 18.0. The molecule has 1 aliphatic rings. The van der Waals surface area contributed by atoms with Gasteiger partial charge in [-0.1, -0.05) is 11.3 Å². The Labute approximate surface area is 126 Å². The Morgan fingerprint density at radius 3 is 3.05 bits per heavy atom. The second-order valence-electron chi connectivity index (χ2n) is 4.90. The lowest BCUT2D eigenvalue weighted by atomic mass is 10.3. The maximum atomic E-state index is 12.2. The fourth-order valence-corrected chi connectivity index (χ4v) is 3.12. The molecule has 1 aliphatic heterocycles. The topological polar surface area (TPSA) is 110 Å². The fraction of sp³-hybridized carbons (Fsp3) is 0.308. The third-order valence-electron chi connectivity index (χ3n) is 3.26. The molecule has 1 fully saturated rings. The third-order valence-corrected chi connectivity index (χ3v) is 4.39. The van der Waals surface area contributed by atoms with Crippen LogP contribution in [0.5, 0.6) is 0 Å². The van der Waals surface area contributed by atoms with Gasteiger partial charge in [-0.15, -0.1) is 0 Å². The summed E-state index contributed by atoms with van der Waals surface area (Å²) in [5, 5.41) is 3.50. The van der Waals surface area contributed by atoms with Crippen molar-refractivity contribution in [2.24, 2.45) is 5.73 Å². The number of thiazole rings is 1. The van der Waals surface area contributed by atoms with Crippen molar-refractivity contribution >= 4 is 33.9 Å². The van der Waals surface area contributed by atoms with E-state index in [0.717, 1.165) is 24.6 Å². The first-order valence-electron chi connectivity index (χ1n) is 6.61. The van der Waals surface area contributed by atoms with E-state index in [2.05, 4.69) is 20.2 Å². The van der Waals surface area contributed by atoms with Gasteiger partial charge in [0.15, 0.2) is 5.13 Å². The van der Waals surface area contributed by atoms with Crippen molar-refractivity contribution in [3.63, 3.8) is 0 Å². The van der Waals surface area contributed by atoms with E-state index in [4.69, 9.17) is 11.5 Å². The van der Waals surface area contributed by atoms with Gasteiger partial charge < -0.3 is 21.7 Å². The number of nitrogens with two attached hydrogens (primary N) is 2. The van der Waals surface area contributed by atoms with Gasteiger partial charge in [-0.2, -0.15) is 0 Å². The number of hydrogen-bond acceptors (Lipinski definition) is 7. The van der Waals surface area contributed by atoms with Gasteiger partial charge in [0.1, 0.15) is 10.7 Å². The zero-order chi connectivity index (χ0) is 14.8. The summed E-state index contributed by atoms with van der Waals surface area (Å²) in [6.07, 6.45) is 4.15. The number of amides is 1. The Hall–Kier alpha value is -2.19. The molecule has 1 amide bonds. The first-order valence-corrected chi connectivity index (χ1v) is 7.43. The van der Waals surface area contributed by atoms with E-state index in [1.807, 2.05) is 0 Å². The van der Waals surface area contributed by atoms with Gasteiger partial charge in [-0.25, -0.2) is 4.98 Å². The molecule has 8 heteroatoms. The number of nitrogens with zero attached hydrogens (tertiary/aromatic N) is 3. The summed E-state index contributed by atoms with van der Waals surface area (Å²) in [5.41, 5.74) is 12.4. The van der Waals surface area contributed by atoms with Crippen LogP contribution in [0.15, 0.2) is 24.5 Å². The first-order chi connectivity index (χ1) is 10.1. The SMILES string of the molecule is Nc1nc(N2CCC(N)C2)sc1C(=O)Nc1cccnc1. The average Bonchev–Trinajstić information content (AvgIpc) is 3.06. The molecule has 0 aliphatic carbocycles. The summed E-state index contributed by atoms with van der Waals surface area (Å²) in [6.45, 7) is 1.59. The molecule has 3 rings (SSSR count). The van der Waals surface area contributed by atoms with Crippen molar-refractivity contribution in [2.75, 3.05) is 29.0 Å². The summed E-state index contributed by atoms with van der Waals surface area (Å²) >= 11 is 1.29. The first kappa shape index (κ1) is 13.8. The zero-order valence-corrected chi connectivity index (χ0v) is 12.1. The number of anilines is 3. The van der Waals surface area contributed by atoms with Crippen molar-refractivity contribution in [3.05, 3.63) is 29.4 Å². The lowest BCUT2D eigenvalue weighted by Gasteiger charge is -2.12. The molecule has 1 saturated heterocycles. The molecule has 0 saturated carbocycles. The van der Waals surface area contributed by atoms with E-state index in [-0.39, 0.29) is 17.8 Å². The summed E-state index contributed by atoms with van der Waals surface area (Å²) < 4.78 is 0.